The van der Waals surface area contributed by atoms with Crippen molar-refractivity contribution >= 4 is 17.3 Å². The smallest absolute Gasteiger partial charge is 0.166 e. The van der Waals surface area contributed by atoms with Crippen molar-refractivity contribution in [3.05, 3.63) is 0 Å². The van der Waals surface area contributed by atoms with Crippen LogP contribution in [-0.2, 0) is 0 Å². The Morgan fingerprint density at radius 1 is 1.27 bits per heavy atom. The van der Waals surface area contributed by atoms with Gasteiger partial charge in [-0.25, -0.2) is 0 Å². The van der Waals surface area contributed by atoms with Crippen molar-refractivity contribution < 1.29 is 0 Å². The molecule has 0 aromatic rings. The van der Waals surface area contributed by atoms with Crippen LogP contribution in [0.2, 0.25) is 0 Å². The van der Waals surface area contributed by atoms with Crippen LogP contribution >= 0.6 is 12.2 Å². The van der Waals surface area contributed by atoms with Gasteiger partial charge in [0.2, 0.25) is 0 Å². The van der Waals surface area contributed by atoms with Gasteiger partial charge < -0.3 is 10.6 Å². The highest BCUT2D eigenvalue weighted by molar-refractivity contribution is 7.80. The van der Waals surface area contributed by atoms with Gasteiger partial charge in [0, 0.05) is 12.6 Å². The van der Waals surface area contributed by atoms with Gasteiger partial charge in [-0.15, -0.1) is 0 Å². The Hall–Kier alpha value is -0.310. The third-order valence-corrected chi connectivity index (χ3v) is 3.11. The van der Waals surface area contributed by atoms with Gasteiger partial charge in [-0.05, 0) is 36.9 Å². The molecular formula is C12H24N2S. The minimum absolute atomic E-state index is 0.385. The fraction of sp³-hybridized carbons (Fsp3) is 0.917. The molecule has 1 saturated carbocycles. The molecule has 0 atom stereocenters. The van der Waals surface area contributed by atoms with Gasteiger partial charge in [0.15, 0.2) is 5.11 Å². The molecule has 0 unspecified atom stereocenters. The summed E-state index contributed by atoms with van der Waals surface area (Å²) in [5.41, 5.74) is 0.385. The molecule has 0 amide bonds. The first-order valence-electron chi connectivity index (χ1n) is 6.02. The number of hydrogen-bond acceptors (Lipinski definition) is 1. The zero-order valence-corrected chi connectivity index (χ0v) is 11.0. The highest BCUT2D eigenvalue weighted by atomic mass is 32.1. The summed E-state index contributed by atoms with van der Waals surface area (Å²) in [4.78, 5) is 0. The first-order chi connectivity index (χ1) is 6.97. The molecule has 2 N–H and O–H groups in total. The van der Waals surface area contributed by atoms with Crippen LogP contribution in [0.4, 0.5) is 0 Å². The number of rotatable bonds is 3. The van der Waals surface area contributed by atoms with Crippen LogP contribution in [0.1, 0.15) is 52.9 Å². The van der Waals surface area contributed by atoms with Crippen LogP contribution < -0.4 is 10.6 Å². The summed E-state index contributed by atoms with van der Waals surface area (Å²) < 4.78 is 0. The van der Waals surface area contributed by atoms with Gasteiger partial charge in [-0.3, -0.25) is 0 Å². The molecule has 3 heteroatoms. The molecule has 0 aliphatic heterocycles. The Bertz CT molecular complexity index is 202. The third kappa shape index (κ3) is 5.98. The molecule has 1 aliphatic rings. The minimum atomic E-state index is 0.385. The number of hydrogen-bond donors (Lipinski definition) is 2. The van der Waals surface area contributed by atoms with Crippen LogP contribution in [0.25, 0.3) is 0 Å². The number of thiocarbonyl (C=S) groups is 1. The Labute approximate surface area is 99.2 Å². The zero-order valence-electron chi connectivity index (χ0n) is 10.2. The Kier molecular flexibility index (Phi) is 4.84. The third-order valence-electron chi connectivity index (χ3n) is 2.85. The fourth-order valence-corrected chi connectivity index (χ4v) is 2.13. The molecule has 0 radical (unpaired) electrons. The van der Waals surface area contributed by atoms with Crippen LogP contribution in [-0.4, -0.2) is 17.7 Å². The summed E-state index contributed by atoms with van der Waals surface area (Å²) in [6, 6.07) is 0.625. The summed E-state index contributed by atoms with van der Waals surface area (Å²) in [7, 11) is 0. The van der Waals surface area contributed by atoms with Gasteiger partial charge in [0.05, 0.1) is 0 Å². The second-order valence-electron chi connectivity index (χ2n) is 5.69. The van der Waals surface area contributed by atoms with Crippen LogP contribution in [0.5, 0.6) is 0 Å². The summed E-state index contributed by atoms with van der Waals surface area (Å²) in [5.74, 6) is 0. The molecule has 0 spiro atoms. The molecule has 0 aromatic heterocycles. The minimum Gasteiger partial charge on any atom is -0.363 e. The molecule has 1 aliphatic carbocycles. The van der Waals surface area contributed by atoms with Gasteiger partial charge >= 0.3 is 0 Å². The molecule has 0 bridgehead atoms. The van der Waals surface area contributed by atoms with Gasteiger partial charge in [0.1, 0.15) is 0 Å². The second-order valence-corrected chi connectivity index (χ2v) is 6.10. The van der Waals surface area contributed by atoms with Crippen LogP contribution in [0.3, 0.4) is 0 Å². The lowest BCUT2D eigenvalue weighted by Crippen LogP contribution is -2.41. The van der Waals surface area contributed by atoms with E-state index in [4.69, 9.17) is 12.2 Å². The standard InChI is InChI=1S/C12H24N2S/c1-12(2,3)8-9-13-11(15)14-10-6-4-5-7-10/h10H,4-9H2,1-3H3,(H2,13,14,15). The van der Waals surface area contributed by atoms with Gasteiger partial charge in [0.25, 0.3) is 0 Å². The molecule has 2 nitrogen and oxygen atoms in total. The van der Waals surface area contributed by atoms with E-state index in [1.54, 1.807) is 0 Å². The van der Waals surface area contributed by atoms with Crippen molar-refractivity contribution in [3.8, 4) is 0 Å². The maximum absolute atomic E-state index is 5.26. The first-order valence-corrected chi connectivity index (χ1v) is 6.42. The largest absolute Gasteiger partial charge is 0.363 e. The highest BCUT2D eigenvalue weighted by Gasteiger charge is 2.15. The van der Waals surface area contributed by atoms with Crippen molar-refractivity contribution in [1.82, 2.24) is 10.6 Å². The number of nitrogens with one attached hydrogen (secondary N) is 2. The topological polar surface area (TPSA) is 24.1 Å². The van der Waals surface area contributed by atoms with Crippen molar-refractivity contribution in [2.24, 2.45) is 5.41 Å². The van der Waals surface area contributed by atoms with E-state index in [-0.39, 0.29) is 0 Å². The maximum atomic E-state index is 5.26. The van der Waals surface area contributed by atoms with Crippen LogP contribution in [0.15, 0.2) is 0 Å². The maximum Gasteiger partial charge on any atom is 0.166 e. The Morgan fingerprint density at radius 2 is 1.87 bits per heavy atom. The molecule has 0 saturated heterocycles. The molecule has 0 aromatic carbocycles. The van der Waals surface area contributed by atoms with Gasteiger partial charge in [-0.2, -0.15) is 0 Å². The van der Waals surface area contributed by atoms with E-state index in [0.717, 1.165) is 18.1 Å². The lowest BCUT2D eigenvalue weighted by molar-refractivity contribution is 0.377. The first kappa shape index (κ1) is 12.8. The second kappa shape index (κ2) is 5.69. The Morgan fingerprint density at radius 3 is 2.40 bits per heavy atom. The monoisotopic (exact) mass is 228 g/mol. The summed E-state index contributed by atoms with van der Waals surface area (Å²) in [6.45, 7) is 7.73. The van der Waals surface area contributed by atoms with E-state index in [2.05, 4.69) is 31.4 Å². The van der Waals surface area contributed by atoms with E-state index >= 15 is 0 Å². The quantitative estimate of drug-likeness (QED) is 0.726. The fourth-order valence-electron chi connectivity index (χ4n) is 1.86. The summed E-state index contributed by atoms with van der Waals surface area (Å²) in [5, 5.41) is 7.51. The van der Waals surface area contributed by atoms with Crippen LogP contribution in [0, 0.1) is 5.41 Å². The normalized spacial score (nSPS) is 17.8. The highest BCUT2D eigenvalue weighted by Crippen LogP contribution is 2.18. The van der Waals surface area contributed by atoms with Crippen molar-refractivity contribution in [2.45, 2.75) is 58.9 Å². The van der Waals surface area contributed by atoms with Crippen molar-refractivity contribution in [1.29, 1.82) is 0 Å². The lowest BCUT2D eigenvalue weighted by atomic mass is 9.92. The average molecular weight is 228 g/mol. The van der Waals surface area contributed by atoms with E-state index < -0.39 is 0 Å². The van der Waals surface area contributed by atoms with E-state index in [1.807, 2.05) is 0 Å². The average Bonchev–Trinajstić information content (AvgIpc) is 2.54. The molecule has 0 heterocycles. The van der Waals surface area contributed by atoms with Crippen molar-refractivity contribution in [3.63, 3.8) is 0 Å². The Balaban J connectivity index is 2.08. The summed E-state index contributed by atoms with van der Waals surface area (Å²) in [6.07, 6.45) is 6.41. The van der Waals surface area contributed by atoms with Crippen molar-refractivity contribution in [2.75, 3.05) is 6.54 Å². The summed E-state index contributed by atoms with van der Waals surface area (Å²) >= 11 is 5.26. The van der Waals surface area contributed by atoms with Gasteiger partial charge in [-0.1, -0.05) is 33.6 Å². The molecule has 15 heavy (non-hydrogen) atoms. The lowest BCUT2D eigenvalue weighted by Gasteiger charge is -2.20. The molecule has 1 rings (SSSR count). The molecule has 1 fully saturated rings. The zero-order chi connectivity index (χ0) is 11.3. The SMILES string of the molecule is CC(C)(C)CCNC(=S)NC1CCCC1. The van der Waals surface area contributed by atoms with E-state index in [9.17, 15) is 0 Å². The molecular weight excluding hydrogens is 204 g/mol. The predicted octanol–water partition coefficient (Wildman–Crippen LogP) is 2.83. The molecule has 88 valence electrons. The predicted molar refractivity (Wildman–Crippen MR) is 70.1 cm³/mol. The van der Waals surface area contributed by atoms with E-state index in [1.165, 1.54) is 25.7 Å². The van der Waals surface area contributed by atoms with E-state index in [0.29, 0.717) is 11.5 Å².